The second kappa shape index (κ2) is 6.90. The number of aromatic nitrogens is 2. The maximum atomic E-state index is 13.2. The fourth-order valence-electron chi connectivity index (χ4n) is 4.38. The number of rotatable bonds is 3. The van der Waals surface area contributed by atoms with Gasteiger partial charge in [-0.15, -0.1) is 0 Å². The summed E-state index contributed by atoms with van der Waals surface area (Å²) in [5, 5.41) is 4.56. The summed E-state index contributed by atoms with van der Waals surface area (Å²) in [6, 6.07) is 10.2. The number of amides is 1. The quantitative estimate of drug-likeness (QED) is 0.857. The fraction of sp³-hybridized carbons (Fsp3) is 0.500. The molecule has 2 heterocycles. The minimum absolute atomic E-state index is 0.0168. The molecule has 1 aliphatic carbocycles. The Morgan fingerprint density at radius 1 is 1.12 bits per heavy atom. The lowest BCUT2D eigenvalue weighted by molar-refractivity contribution is 0.0382. The van der Waals surface area contributed by atoms with Gasteiger partial charge in [0.25, 0.3) is 5.91 Å². The number of piperidine rings is 1. The van der Waals surface area contributed by atoms with E-state index in [2.05, 4.69) is 10.00 Å². The SMILES string of the molecule is COc1cn(-c2ccccc2)nc1C(=O)N1CCCC2CCCCC21. The van der Waals surface area contributed by atoms with Gasteiger partial charge in [-0.25, -0.2) is 4.68 Å². The average molecular weight is 339 g/mol. The van der Waals surface area contributed by atoms with E-state index < -0.39 is 0 Å². The van der Waals surface area contributed by atoms with E-state index >= 15 is 0 Å². The standard InChI is InChI=1S/C20H25N3O2/c1-25-18-14-23(16-10-3-2-4-11-16)21-19(18)20(24)22-13-7-9-15-8-5-6-12-17(15)22/h2-4,10-11,14-15,17H,5-9,12-13H2,1H3. The lowest BCUT2D eigenvalue weighted by Gasteiger charge is -2.43. The molecule has 1 aromatic heterocycles. The van der Waals surface area contributed by atoms with Crippen molar-refractivity contribution >= 4 is 5.91 Å². The molecule has 2 unspecified atom stereocenters. The topological polar surface area (TPSA) is 47.4 Å². The summed E-state index contributed by atoms with van der Waals surface area (Å²) in [5.74, 6) is 1.23. The van der Waals surface area contributed by atoms with Gasteiger partial charge in [-0.3, -0.25) is 4.79 Å². The Labute approximate surface area is 148 Å². The van der Waals surface area contributed by atoms with E-state index in [-0.39, 0.29) is 5.91 Å². The average Bonchev–Trinajstić information content (AvgIpc) is 3.12. The molecule has 2 aliphatic rings. The Hall–Kier alpha value is -2.30. The molecule has 132 valence electrons. The third-order valence-electron chi connectivity index (χ3n) is 5.63. The number of benzene rings is 1. The summed E-state index contributed by atoms with van der Waals surface area (Å²) >= 11 is 0. The number of para-hydroxylation sites is 1. The molecule has 2 atom stereocenters. The minimum atomic E-state index is 0.0168. The molecule has 0 radical (unpaired) electrons. The maximum Gasteiger partial charge on any atom is 0.278 e. The van der Waals surface area contributed by atoms with Gasteiger partial charge in [0, 0.05) is 12.6 Å². The number of carbonyl (C=O) groups is 1. The van der Waals surface area contributed by atoms with E-state index in [1.54, 1.807) is 18.0 Å². The van der Waals surface area contributed by atoms with Crippen LogP contribution in [-0.4, -0.2) is 40.3 Å². The zero-order valence-electron chi connectivity index (χ0n) is 14.7. The van der Waals surface area contributed by atoms with Crippen LogP contribution >= 0.6 is 0 Å². The van der Waals surface area contributed by atoms with Crippen molar-refractivity contribution in [1.29, 1.82) is 0 Å². The monoisotopic (exact) mass is 339 g/mol. The predicted octanol–water partition coefficient (Wildman–Crippen LogP) is 3.68. The van der Waals surface area contributed by atoms with Crippen molar-refractivity contribution in [2.45, 2.75) is 44.6 Å². The third kappa shape index (κ3) is 3.03. The second-order valence-electron chi connectivity index (χ2n) is 7.08. The molecule has 5 heteroatoms. The van der Waals surface area contributed by atoms with Crippen molar-refractivity contribution < 1.29 is 9.53 Å². The van der Waals surface area contributed by atoms with Crippen LogP contribution in [0.3, 0.4) is 0 Å². The van der Waals surface area contributed by atoms with Gasteiger partial charge in [-0.05, 0) is 43.7 Å². The van der Waals surface area contributed by atoms with Crippen molar-refractivity contribution in [1.82, 2.24) is 14.7 Å². The molecule has 1 aliphatic heterocycles. The molecular formula is C20H25N3O2. The molecule has 1 aromatic carbocycles. The Morgan fingerprint density at radius 3 is 2.68 bits per heavy atom. The van der Waals surface area contributed by atoms with Crippen LogP contribution in [-0.2, 0) is 0 Å². The Kier molecular flexibility index (Phi) is 4.47. The van der Waals surface area contributed by atoms with Crippen LogP contribution in [0.4, 0.5) is 0 Å². The second-order valence-corrected chi connectivity index (χ2v) is 7.08. The molecule has 4 rings (SSSR count). The highest BCUT2D eigenvalue weighted by molar-refractivity contribution is 5.95. The first-order valence-electron chi connectivity index (χ1n) is 9.28. The summed E-state index contributed by atoms with van der Waals surface area (Å²) in [6.45, 7) is 0.835. The lowest BCUT2D eigenvalue weighted by Crippen LogP contribution is -2.49. The van der Waals surface area contributed by atoms with Crippen LogP contribution in [0, 0.1) is 5.92 Å². The number of carbonyl (C=O) groups excluding carboxylic acids is 1. The minimum Gasteiger partial charge on any atom is -0.493 e. The van der Waals surface area contributed by atoms with Gasteiger partial charge in [-0.2, -0.15) is 5.10 Å². The van der Waals surface area contributed by atoms with Crippen LogP contribution < -0.4 is 4.74 Å². The number of fused-ring (bicyclic) bond motifs is 1. The van der Waals surface area contributed by atoms with Crippen LogP contribution in [0.15, 0.2) is 36.5 Å². The molecule has 25 heavy (non-hydrogen) atoms. The molecule has 1 saturated heterocycles. The number of methoxy groups -OCH3 is 1. The number of hydrogen-bond donors (Lipinski definition) is 0. The molecular weight excluding hydrogens is 314 g/mol. The summed E-state index contributed by atoms with van der Waals surface area (Å²) in [7, 11) is 1.60. The first-order valence-corrected chi connectivity index (χ1v) is 9.28. The van der Waals surface area contributed by atoms with E-state index in [1.807, 2.05) is 30.3 Å². The first-order chi connectivity index (χ1) is 12.3. The molecule has 5 nitrogen and oxygen atoms in total. The fourth-order valence-corrected chi connectivity index (χ4v) is 4.38. The summed E-state index contributed by atoms with van der Waals surface area (Å²) < 4.78 is 7.20. The van der Waals surface area contributed by atoms with Crippen LogP contribution in [0.1, 0.15) is 49.0 Å². The number of nitrogens with zero attached hydrogens (tertiary/aromatic N) is 3. The largest absolute Gasteiger partial charge is 0.493 e. The van der Waals surface area contributed by atoms with Gasteiger partial charge in [0.15, 0.2) is 11.4 Å². The molecule has 0 N–H and O–H groups in total. The Morgan fingerprint density at radius 2 is 1.88 bits per heavy atom. The number of ether oxygens (including phenoxy) is 1. The third-order valence-corrected chi connectivity index (χ3v) is 5.63. The zero-order chi connectivity index (χ0) is 17.2. The van der Waals surface area contributed by atoms with E-state index in [0.29, 0.717) is 23.4 Å². The van der Waals surface area contributed by atoms with Crippen LogP contribution in [0.2, 0.25) is 0 Å². The van der Waals surface area contributed by atoms with E-state index in [0.717, 1.165) is 25.1 Å². The van der Waals surface area contributed by atoms with Gasteiger partial charge in [-0.1, -0.05) is 31.0 Å². The molecule has 0 spiro atoms. The van der Waals surface area contributed by atoms with Crippen molar-refractivity contribution in [3.05, 3.63) is 42.2 Å². The smallest absolute Gasteiger partial charge is 0.278 e. The van der Waals surface area contributed by atoms with Crippen LogP contribution in [0.5, 0.6) is 5.75 Å². The highest BCUT2D eigenvalue weighted by Gasteiger charge is 2.37. The lowest BCUT2D eigenvalue weighted by atomic mass is 9.78. The molecule has 1 amide bonds. The first kappa shape index (κ1) is 16.2. The number of hydrogen-bond acceptors (Lipinski definition) is 3. The summed E-state index contributed by atoms with van der Waals surface area (Å²) in [5.41, 5.74) is 1.35. The van der Waals surface area contributed by atoms with Crippen molar-refractivity contribution in [3.63, 3.8) is 0 Å². The normalized spacial score (nSPS) is 23.2. The van der Waals surface area contributed by atoms with Crippen LogP contribution in [0.25, 0.3) is 5.69 Å². The summed E-state index contributed by atoms with van der Waals surface area (Å²) in [6.07, 6.45) is 9.04. The van der Waals surface area contributed by atoms with E-state index in [4.69, 9.17) is 4.74 Å². The van der Waals surface area contributed by atoms with Crippen molar-refractivity contribution in [3.8, 4) is 11.4 Å². The number of likely N-dealkylation sites (tertiary alicyclic amines) is 1. The van der Waals surface area contributed by atoms with Crippen molar-refractivity contribution in [2.24, 2.45) is 5.92 Å². The summed E-state index contributed by atoms with van der Waals surface area (Å²) in [4.78, 5) is 15.3. The van der Waals surface area contributed by atoms with Gasteiger partial charge >= 0.3 is 0 Å². The molecule has 2 aromatic rings. The van der Waals surface area contributed by atoms with Gasteiger partial charge in [0.2, 0.25) is 0 Å². The van der Waals surface area contributed by atoms with E-state index in [9.17, 15) is 4.79 Å². The molecule has 2 fully saturated rings. The van der Waals surface area contributed by atoms with Gasteiger partial charge in [0.1, 0.15) is 0 Å². The highest BCUT2D eigenvalue weighted by atomic mass is 16.5. The van der Waals surface area contributed by atoms with Gasteiger partial charge < -0.3 is 9.64 Å². The highest BCUT2D eigenvalue weighted by Crippen LogP contribution is 2.36. The maximum absolute atomic E-state index is 13.2. The molecule has 1 saturated carbocycles. The molecule has 0 bridgehead atoms. The zero-order valence-corrected chi connectivity index (χ0v) is 14.7. The van der Waals surface area contributed by atoms with Gasteiger partial charge in [0.05, 0.1) is 19.0 Å². The van der Waals surface area contributed by atoms with E-state index in [1.165, 1.54) is 25.7 Å². The van der Waals surface area contributed by atoms with Crippen molar-refractivity contribution in [2.75, 3.05) is 13.7 Å². The predicted molar refractivity (Wildman–Crippen MR) is 96.1 cm³/mol. The Balaban J connectivity index is 1.64. The Bertz CT molecular complexity index is 739.